The lowest BCUT2D eigenvalue weighted by Gasteiger charge is -2.18. The summed E-state index contributed by atoms with van der Waals surface area (Å²) in [5.41, 5.74) is 3.09. The fourth-order valence-corrected chi connectivity index (χ4v) is 4.16. The van der Waals surface area contributed by atoms with Crippen LogP contribution in [-0.2, 0) is 10.2 Å². The van der Waals surface area contributed by atoms with Gasteiger partial charge in [0.25, 0.3) is 5.91 Å². The number of aromatic nitrogens is 4. The number of nitrogens with one attached hydrogen (secondary N) is 3. The normalized spacial score (nSPS) is 14.7. The number of imidazole rings is 1. The maximum atomic E-state index is 13.5. The summed E-state index contributed by atoms with van der Waals surface area (Å²) < 4.78 is 26.7. The van der Waals surface area contributed by atoms with Gasteiger partial charge in [0.05, 0.1) is 27.8 Å². The van der Waals surface area contributed by atoms with Gasteiger partial charge in [-0.05, 0) is 56.7 Å². The summed E-state index contributed by atoms with van der Waals surface area (Å²) in [7, 11) is 0. The van der Waals surface area contributed by atoms with Crippen LogP contribution in [0.1, 0.15) is 36.7 Å². The van der Waals surface area contributed by atoms with Crippen molar-refractivity contribution in [2.75, 3.05) is 16.8 Å². The molecular formula is C23H20F2N6O2. The number of fused-ring (bicyclic) bond motifs is 2. The highest BCUT2D eigenvalue weighted by atomic mass is 19.2. The van der Waals surface area contributed by atoms with Crippen LogP contribution in [0, 0.1) is 11.6 Å². The summed E-state index contributed by atoms with van der Waals surface area (Å²) in [6, 6.07) is 6.70. The van der Waals surface area contributed by atoms with Gasteiger partial charge in [-0.25, -0.2) is 13.8 Å². The molecule has 0 saturated carbocycles. The number of aromatic amines is 2. The number of amides is 2. The molecule has 168 valence electrons. The van der Waals surface area contributed by atoms with Crippen molar-refractivity contribution in [3.05, 3.63) is 59.3 Å². The molecule has 3 heterocycles. The van der Waals surface area contributed by atoms with E-state index < -0.39 is 23.0 Å². The number of nitrogens with zero attached hydrogens (tertiary/aromatic N) is 3. The van der Waals surface area contributed by atoms with Crippen molar-refractivity contribution in [3.8, 4) is 11.5 Å². The first-order valence-corrected chi connectivity index (χ1v) is 10.4. The zero-order valence-electron chi connectivity index (χ0n) is 18.1. The van der Waals surface area contributed by atoms with Gasteiger partial charge < -0.3 is 15.2 Å². The molecule has 2 aromatic heterocycles. The van der Waals surface area contributed by atoms with Crippen molar-refractivity contribution in [2.24, 2.45) is 0 Å². The molecule has 0 unspecified atom stereocenters. The first-order chi connectivity index (χ1) is 15.7. The van der Waals surface area contributed by atoms with Gasteiger partial charge in [-0.2, -0.15) is 5.10 Å². The molecule has 0 atom stereocenters. The van der Waals surface area contributed by atoms with E-state index in [1.165, 1.54) is 12.3 Å². The Morgan fingerprint density at radius 1 is 1.18 bits per heavy atom. The SMILES string of the molecule is CCN1C(=O)C(C)(C)c2cc3[nH]c(-c4n[nH]cc4NC(=O)c4ccc(F)c(F)c4)nc3cc21. The minimum atomic E-state index is -1.11. The van der Waals surface area contributed by atoms with Crippen molar-refractivity contribution in [1.82, 2.24) is 20.2 Å². The topological polar surface area (TPSA) is 107 Å². The fraction of sp³-hybridized carbons (Fsp3) is 0.217. The number of carbonyl (C=O) groups excluding carboxylic acids is 2. The van der Waals surface area contributed by atoms with Crippen LogP contribution in [0.5, 0.6) is 0 Å². The third kappa shape index (κ3) is 3.17. The van der Waals surface area contributed by atoms with Crippen LogP contribution in [0.15, 0.2) is 36.5 Å². The van der Waals surface area contributed by atoms with Gasteiger partial charge in [0.15, 0.2) is 23.2 Å². The Balaban J connectivity index is 1.50. The molecule has 0 fully saturated rings. The number of rotatable bonds is 4. The van der Waals surface area contributed by atoms with Crippen molar-refractivity contribution in [3.63, 3.8) is 0 Å². The highest BCUT2D eigenvalue weighted by molar-refractivity contribution is 6.09. The number of benzene rings is 2. The van der Waals surface area contributed by atoms with Crippen molar-refractivity contribution < 1.29 is 18.4 Å². The van der Waals surface area contributed by atoms with Crippen molar-refractivity contribution >= 4 is 34.2 Å². The van der Waals surface area contributed by atoms with Gasteiger partial charge in [0.1, 0.15) is 0 Å². The van der Waals surface area contributed by atoms with E-state index in [1.807, 2.05) is 32.9 Å². The quantitative estimate of drug-likeness (QED) is 0.435. The summed E-state index contributed by atoms with van der Waals surface area (Å²) in [5, 5.41) is 9.51. The van der Waals surface area contributed by atoms with Crippen LogP contribution in [0.4, 0.5) is 20.2 Å². The standard InChI is InChI=1S/C23H20F2N6O2/c1-4-31-18-9-16-15(8-12(18)23(2,3)22(31)33)27-20(28-16)19-17(10-26-30-19)29-21(32)11-5-6-13(24)14(25)7-11/h5-10H,4H2,1-3H3,(H,26,30)(H,27,28)(H,29,32). The van der Waals surface area contributed by atoms with E-state index in [4.69, 9.17) is 0 Å². The van der Waals surface area contributed by atoms with E-state index in [0.29, 0.717) is 29.3 Å². The largest absolute Gasteiger partial charge is 0.337 e. The van der Waals surface area contributed by atoms with Crippen LogP contribution in [0.25, 0.3) is 22.6 Å². The average Bonchev–Trinajstić information content (AvgIpc) is 3.45. The van der Waals surface area contributed by atoms with E-state index in [2.05, 4.69) is 25.5 Å². The van der Waals surface area contributed by atoms with Gasteiger partial charge in [-0.3, -0.25) is 14.7 Å². The molecule has 0 bridgehead atoms. The third-order valence-corrected chi connectivity index (χ3v) is 5.95. The molecule has 0 radical (unpaired) electrons. The molecule has 0 saturated heterocycles. The molecule has 5 rings (SSSR count). The van der Waals surface area contributed by atoms with Gasteiger partial charge in [-0.1, -0.05) is 0 Å². The summed E-state index contributed by atoms with van der Waals surface area (Å²) in [4.78, 5) is 34.8. The Kier molecular flexibility index (Phi) is 4.55. The number of halogens is 2. The average molecular weight is 450 g/mol. The molecule has 0 aliphatic carbocycles. The summed E-state index contributed by atoms with van der Waals surface area (Å²) in [6.45, 7) is 6.27. The van der Waals surface area contributed by atoms with Crippen LogP contribution >= 0.6 is 0 Å². The Labute approximate surface area is 187 Å². The zero-order valence-corrected chi connectivity index (χ0v) is 18.1. The summed E-state index contributed by atoms with van der Waals surface area (Å²) in [5.74, 6) is -2.31. The maximum absolute atomic E-state index is 13.5. The number of hydrogen-bond acceptors (Lipinski definition) is 4. The number of anilines is 2. The van der Waals surface area contributed by atoms with Crippen LogP contribution in [-0.4, -0.2) is 38.5 Å². The lowest BCUT2D eigenvalue weighted by molar-refractivity contribution is -0.122. The van der Waals surface area contributed by atoms with Gasteiger partial charge in [0, 0.05) is 18.3 Å². The Morgan fingerprint density at radius 3 is 2.70 bits per heavy atom. The molecule has 4 aromatic rings. The van der Waals surface area contributed by atoms with E-state index in [1.54, 1.807) is 4.90 Å². The molecule has 1 aliphatic rings. The number of carbonyl (C=O) groups is 2. The minimum absolute atomic E-state index is 0.0337. The second-order valence-corrected chi connectivity index (χ2v) is 8.38. The molecule has 3 N–H and O–H groups in total. The Bertz CT molecular complexity index is 1440. The molecule has 33 heavy (non-hydrogen) atoms. The Hall–Kier alpha value is -4.08. The van der Waals surface area contributed by atoms with E-state index in [0.717, 1.165) is 28.9 Å². The predicted molar refractivity (Wildman–Crippen MR) is 119 cm³/mol. The maximum Gasteiger partial charge on any atom is 0.255 e. The summed E-state index contributed by atoms with van der Waals surface area (Å²) >= 11 is 0. The van der Waals surface area contributed by atoms with E-state index >= 15 is 0 Å². The monoisotopic (exact) mass is 450 g/mol. The zero-order chi connectivity index (χ0) is 23.5. The molecule has 10 heteroatoms. The molecule has 1 aliphatic heterocycles. The molecular weight excluding hydrogens is 430 g/mol. The van der Waals surface area contributed by atoms with Crippen LogP contribution in [0.3, 0.4) is 0 Å². The van der Waals surface area contributed by atoms with Crippen LogP contribution < -0.4 is 10.2 Å². The first-order valence-electron chi connectivity index (χ1n) is 10.4. The lowest BCUT2D eigenvalue weighted by Crippen LogP contribution is -2.35. The minimum Gasteiger partial charge on any atom is -0.337 e. The highest BCUT2D eigenvalue weighted by Crippen LogP contribution is 2.43. The van der Waals surface area contributed by atoms with E-state index in [9.17, 15) is 18.4 Å². The molecule has 0 spiro atoms. The fourth-order valence-electron chi connectivity index (χ4n) is 4.16. The van der Waals surface area contributed by atoms with Crippen LogP contribution in [0.2, 0.25) is 0 Å². The molecule has 8 nitrogen and oxygen atoms in total. The third-order valence-electron chi connectivity index (χ3n) is 5.95. The molecule has 2 amide bonds. The second kappa shape index (κ2) is 7.22. The lowest BCUT2D eigenvalue weighted by atomic mass is 9.86. The highest BCUT2D eigenvalue weighted by Gasteiger charge is 2.43. The smallest absolute Gasteiger partial charge is 0.255 e. The van der Waals surface area contributed by atoms with Crippen molar-refractivity contribution in [2.45, 2.75) is 26.2 Å². The van der Waals surface area contributed by atoms with Gasteiger partial charge in [0.2, 0.25) is 5.91 Å². The molecule has 2 aromatic carbocycles. The van der Waals surface area contributed by atoms with Crippen molar-refractivity contribution in [1.29, 1.82) is 0 Å². The predicted octanol–water partition coefficient (Wildman–Crippen LogP) is 4.13. The van der Waals surface area contributed by atoms with E-state index in [-0.39, 0.29) is 11.5 Å². The number of H-pyrrole nitrogens is 2. The summed E-state index contributed by atoms with van der Waals surface area (Å²) in [6.07, 6.45) is 1.47. The van der Waals surface area contributed by atoms with Gasteiger partial charge in [-0.15, -0.1) is 0 Å². The number of hydrogen-bond donors (Lipinski definition) is 3. The first kappa shape index (κ1) is 20.8. The number of likely N-dealkylation sites (N-methyl/N-ethyl adjacent to an activating group) is 1. The van der Waals surface area contributed by atoms with Gasteiger partial charge >= 0.3 is 0 Å². The second-order valence-electron chi connectivity index (χ2n) is 8.38. The Morgan fingerprint density at radius 2 is 1.97 bits per heavy atom.